The van der Waals surface area contributed by atoms with Gasteiger partial charge in [-0.15, -0.1) is 0 Å². The van der Waals surface area contributed by atoms with Crippen LogP contribution in [0.15, 0.2) is 47.6 Å². The quantitative estimate of drug-likeness (QED) is 0.516. The molecule has 0 aliphatic heterocycles. The third-order valence-corrected chi connectivity index (χ3v) is 3.60. The predicted octanol–water partition coefficient (Wildman–Crippen LogP) is 3.05. The smallest absolute Gasteiger partial charge is 0.318 e. The minimum atomic E-state index is -0.855. The summed E-state index contributed by atoms with van der Waals surface area (Å²) >= 11 is 5.97. The fraction of sp³-hybridized carbons (Fsp3) is 0.118. The van der Waals surface area contributed by atoms with Gasteiger partial charge in [0.1, 0.15) is 0 Å². The van der Waals surface area contributed by atoms with Crippen molar-refractivity contribution in [2.45, 2.75) is 13.8 Å². The molecule has 2 amide bonds. The van der Waals surface area contributed by atoms with E-state index in [1.165, 1.54) is 6.21 Å². The minimum Gasteiger partial charge on any atom is -0.318 e. The molecule has 0 saturated carbocycles. The lowest BCUT2D eigenvalue weighted by atomic mass is 10.1. The molecule has 0 bridgehead atoms. The Hall–Kier alpha value is -2.66. The summed E-state index contributed by atoms with van der Waals surface area (Å²) in [5.74, 6) is -1.67. The van der Waals surface area contributed by atoms with Gasteiger partial charge in [-0.25, -0.2) is 5.43 Å². The second-order valence-corrected chi connectivity index (χ2v) is 5.38. The first-order valence-corrected chi connectivity index (χ1v) is 7.31. The third kappa shape index (κ3) is 4.66. The number of carbonyl (C=O) groups excluding carboxylic acids is 2. The van der Waals surface area contributed by atoms with Gasteiger partial charge in [0.2, 0.25) is 0 Å². The normalized spacial score (nSPS) is 10.6. The first-order chi connectivity index (χ1) is 11.0. The zero-order chi connectivity index (χ0) is 16.8. The van der Waals surface area contributed by atoms with Crippen molar-refractivity contribution in [2.24, 2.45) is 5.10 Å². The molecule has 0 aliphatic rings. The van der Waals surface area contributed by atoms with Crippen LogP contribution in [0.2, 0.25) is 5.02 Å². The van der Waals surface area contributed by atoms with E-state index in [-0.39, 0.29) is 0 Å². The number of hydrogen-bond donors (Lipinski definition) is 2. The summed E-state index contributed by atoms with van der Waals surface area (Å²) in [6.07, 6.45) is 1.49. The second-order valence-electron chi connectivity index (χ2n) is 4.97. The standard InChI is InChI=1S/C17H16ClN3O2/c1-11-5-3-4-6-13(11)10-19-21-17(23)16(22)20-14-8-7-12(2)15(18)9-14/h3-10H,1-2H3,(H,20,22)(H,21,23)/b19-10+. The van der Waals surface area contributed by atoms with Gasteiger partial charge in [-0.2, -0.15) is 5.10 Å². The van der Waals surface area contributed by atoms with Crippen LogP contribution in [0.3, 0.4) is 0 Å². The van der Waals surface area contributed by atoms with Gasteiger partial charge in [0.05, 0.1) is 6.21 Å². The zero-order valence-corrected chi connectivity index (χ0v) is 13.5. The van der Waals surface area contributed by atoms with Gasteiger partial charge in [-0.3, -0.25) is 9.59 Å². The Morgan fingerprint density at radius 2 is 1.78 bits per heavy atom. The van der Waals surface area contributed by atoms with E-state index in [4.69, 9.17) is 11.6 Å². The van der Waals surface area contributed by atoms with Gasteiger partial charge in [0, 0.05) is 10.7 Å². The maximum atomic E-state index is 11.8. The average molecular weight is 330 g/mol. The van der Waals surface area contributed by atoms with Crippen LogP contribution in [0.4, 0.5) is 5.69 Å². The highest BCUT2D eigenvalue weighted by Crippen LogP contribution is 2.19. The molecular formula is C17H16ClN3O2. The van der Waals surface area contributed by atoms with E-state index in [1.54, 1.807) is 18.2 Å². The van der Waals surface area contributed by atoms with E-state index in [1.807, 2.05) is 38.1 Å². The maximum Gasteiger partial charge on any atom is 0.329 e. The van der Waals surface area contributed by atoms with Gasteiger partial charge in [0.15, 0.2) is 0 Å². The van der Waals surface area contributed by atoms with Crippen molar-refractivity contribution in [3.05, 3.63) is 64.2 Å². The molecule has 118 valence electrons. The Labute approximate surface area is 139 Å². The van der Waals surface area contributed by atoms with Crippen LogP contribution in [-0.4, -0.2) is 18.0 Å². The van der Waals surface area contributed by atoms with Crippen molar-refractivity contribution in [3.8, 4) is 0 Å². The molecule has 0 aliphatic carbocycles. The van der Waals surface area contributed by atoms with Crippen LogP contribution in [0.1, 0.15) is 16.7 Å². The number of nitrogens with zero attached hydrogens (tertiary/aromatic N) is 1. The van der Waals surface area contributed by atoms with E-state index >= 15 is 0 Å². The molecule has 23 heavy (non-hydrogen) atoms. The molecule has 5 nitrogen and oxygen atoms in total. The molecule has 0 aromatic heterocycles. The summed E-state index contributed by atoms with van der Waals surface area (Å²) in [5, 5.41) is 6.76. The summed E-state index contributed by atoms with van der Waals surface area (Å²) in [7, 11) is 0. The molecule has 2 aromatic carbocycles. The van der Waals surface area contributed by atoms with Crippen molar-refractivity contribution in [2.75, 3.05) is 5.32 Å². The molecule has 0 fully saturated rings. The van der Waals surface area contributed by atoms with Crippen LogP contribution in [0.25, 0.3) is 0 Å². The highest BCUT2D eigenvalue weighted by molar-refractivity contribution is 6.39. The van der Waals surface area contributed by atoms with Crippen molar-refractivity contribution in [3.63, 3.8) is 0 Å². The number of halogens is 1. The minimum absolute atomic E-state index is 0.448. The fourth-order valence-electron chi connectivity index (χ4n) is 1.80. The molecule has 0 spiro atoms. The number of amides is 2. The number of hydrazone groups is 1. The lowest BCUT2D eigenvalue weighted by Crippen LogP contribution is -2.32. The molecule has 6 heteroatoms. The number of aryl methyl sites for hydroxylation is 2. The fourth-order valence-corrected chi connectivity index (χ4v) is 1.98. The number of anilines is 1. The molecule has 0 atom stereocenters. The number of hydrogen-bond acceptors (Lipinski definition) is 3. The lowest BCUT2D eigenvalue weighted by Gasteiger charge is -2.05. The SMILES string of the molecule is Cc1ccc(NC(=O)C(=O)N/N=C/c2ccccc2C)cc1Cl. The monoisotopic (exact) mass is 329 g/mol. The highest BCUT2D eigenvalue weighted by Gasteiger charge is 2.13. The molecule has 0 heterocycles. The Balaban J connectivity index is 1.94. The van der Waals surface area contributed by atoms with E-state index in [0.29, 0.717) is 10.7 Å². The van der Waals surface area contributed by atoms with Gasteiger partial charge in [-0.1, -0.05) is 41.9 Å². The van der Waals surface area contributed by atoms with Crippen molar-refractivity contribution < 1.29 is 9.59 Å². The summed E-state index contributed by atoms with van der Waals surface area (Å²) in [6, 6.07) is 12.6. The Morgan fingerprint density at radius 1 is 1.04 bits per heavy atom. The molecule has 2 N–H and O–H groups in total. The number of benzene rings is 2. The Morgan fingerprint density at radius 3 is 2.48 bits per heavy atom. The number of nitrogens with one attached hydrogen (secondary N) is 2. The first-order valence-electron chi connectivity index (χ1n) is 6.93. The molecule has 0 saturated heterocycles. The topological polar surface area (TPSA) is 70.6 Å². The summed E-state index contributed by atoms with van der Waals surface area (Å²) < 4.78 is 0. The largest absolute Gasteiger partial charge is 0.329 e. The second kappa shape index (κ2) is 7.56. The average Bonchev–Trinajstić information content (AvgIpc) is 2.52. The summed E-state index contributed by atoms with van der Waals surface area (Å²) in [6.45, 7) is 3.78. The first kappa shape index (κ1) is 16.7. The maximum absolute atomic E-state index is 11.8. The van der Waals surface area contributed by atoms with E-state index in [2.05, 4.69) is 15.8 Å². The van der Waals surface area contributed by atoms with Crippen molar-refractivity contribution in [1.82, 2.24) is 5.43 Å². The van der Waals surface area contributed by atoms with E-state index < -0.39 is 11.8 Å². The van der Waals surface area contributed by atoms with Crippen LogP contribution >= 0.6 is 11.6 Å². The molecular weight excluding hydrogens is 314 g/mol. The number of carbonyl (C=O) groups is 2. The van der Waals surface area contributed by atoms with E-state index in [0.717, 1.165) is 16.7 Å². The molecule has 0 radical (unpaired) electrons. The van der Waals surface area contributed by atoms with Gasteiger partial charge in [0.25, 0.3) is 0 Å². The molecule has 2 rings (SSSR count). The van der Waals surface area contributed by atoms with Crippen molar-refractivity contribution in [1.29, 1.82) is 0 Å². The van der Waals surface area contributed by atoms with Crippen LogP contribution < -0.4 is 10.7 Å². The zero-order valence-electron chi connectivity index (χ0n) is 12.8. The molecule has 0 unspecified atom stereocenters. The van der Waals surface area contributed by atoms with Gasteiger partial charge in [-0.05, 0) is 42.7 Å². The van der Waals surface area contributed by atoms with Crippen LogP contribution in [0, 0.1) is 13.8 Å². The predicted molar refractivity (Wildman–Crippen MR) is 91.7 cm³/mol. The highest BCUT2D eigenvalue weighted by atomic mass is 35.5. The van der Waals surface area contributed by atoms with Gasteiger partial charge < -0.3 is 5.32 Å². The lowest BCUT2D eigenvalue weighted by molar-refractivity contribution is -0.136. The summed E-state index contributed by atoms with van der Waals surface area (Å²) in [4.78, 5) is 23.5. The van der Waals surface area contributed by atoms with E-state index in [9.17, 15) is 9.59 Å². The number of rotatable bonds is 3. The summed E-state index contributed by atoms with van der Waals surface area (Å²) in [5.41, 5.74) is 5.40. The Bertz CT molecular complexity index is 772. The Kier molecular flexibility index (Phi) is 5.49. The van der Waals surface area contributed by atoms with Crippen molar-refractivity contribution >= 4 is 35.3 Å². The van der Waals surface area contributed by atoms with Crippen LogP contribution in [0.5, 0.6) is 0 Å². The molecule has 2 aromatic rings. The van der Waals surface area contributed by atoms with Gasteiger partial charge >= 0.3 is 11.8 Å². The van der Waals surface area contributed by atoms with Crippen LogP contribution in [-0.2, 0) is 9.59 Å². The third-order valence-electron chi connectivity index (χ3n) is 3.19.